The van der Waals surface area contributed by atoms with E-state index in [2.05, 4.69) is 25.2 Å². The maximum atomic E-state index is 6.00. The number of nitrogens with two attached hydrogens (primary N) is 1. The summed E-state index contributed by atoms with van der Waals surface area (Å²) in [6.45, 7) is 4.28. The van der Waals surface area contributed by atoms with Crippen LogP contribution in [0, 0.1) is 0 Å². The highest BCUT2D eigenvalue weighted by Crippen LogP contribution is 1.93. The van der Waals surface area contributed by atoms with Gasteiger partial charge in [0.2, 0.25) is 0 Å². The summed E-state index contributed by atoms with van der Waals surface area (Å²) in [5.74, 6) is 0. The minimum atomic E-state index is -1.53. The van der Waals surface area contributed by atoms with Crippen molar-refractivity contribution in [3.8, 4) is 0 Å². The van der Waals surface area contributed by atoms with E-state index in [4.69, 9.17) is 5.40 Å². The Labute approximate surface area is 63.0 Å². The maximum Gasteiger partial charge on any atom is 0.148 e. The van der Waals surface area contributed by atoms with Gasteiger partial charge in [-0.2, -0.15) is 0 Å². The van der Waals surface area contributed by atoms with E-state index >= 15 is 0 Å². The summed E-state index contributed by atoms with van der Waals surface area (Å²) in [6.07, 6.45) is 0. The van der Waals surface area contributed by atoms with Crippen molar-refractivity contribution < 1.29 is 0 Å². The Balaban J connectivity index is 2.97. The third kappa shape index (κ3) is 1.69. The molecule has 1 rings (SSSR count). The predicted octanol–water partition coefficient (Wildman–Crippen LogP) is 1.06. The Bertz CT molecular complexity index is 200. The molecule has 1 aromatic rings. The average Bonchev–Trinajstić information content (AvgIpc) is 1.88. The van der Waals surface area contributed by atoms with Crippen molar-refractivity contribution in [2.45, 2.75) is 13.1 Å². The molecular weight excluding hydrogens is 138 g/mol. The summed E-state index contributed by atoms with van der Waals surface area (Å²) >= 11 is 0. The highest BCUT2D eigenvalue weighted by Gasteiger charge is 2.15. The molecule has 0 bridgehead atoms. The molecule has 0 aliphatic rings. The van der Waals surface area contributed by atoms with E-state index in [1.54, 1.807) is 0 Å². The number of hydrogen-bond donors (Lipinski definition) is 1. The van der Waals surface area contributed by atoms with Crippen LogP contribution in [0.5, 0.6) is 0 Å². The maximum absolute atomic E-state index is 6.00. The molecule has 0 fully saturated rings. The molecule has 0 spiro atoms. The van der Waals surface area contributed by atoms with Gasteiger partial charge in [-0.05, 0) is 5.19 Å². The van der Waals surface area contributed by atoms with Gasteiger partial charge >= 0.3 is 0 Å². The number of hydrogen-bond acceptors (Lipinski definition) is 1. The van der Waals surface area contributed by atoms with Crippen molar-refractivity contribution >= 4 is 13.4 Å². The first kappa shape index (κ1) is 7.50. The molecule has 2 heteroatoms. The Morgan fingerprint density at radius 2 is 1.60 bits per heavy atom. The van der Waals surface area contributed by atoms with Crippen molar-refractivity contribution in [3.05, 3.63) is 30.3 Å². The SMILES string of the molecule is C[Si](C)(N)c1ccccc1. The molecule has 0 atom stereocenters. The van der Waals surface area contributed by atoms with Gasteiger partial charge in [0, 0.05) is 0 Å². The lowest BCUT2D eigenvalue weighted by Gasteiger charge is -2.14. The zero-order valence-corrected chi connectivity index (χ0v) is 7.46. The Morgan fingerprint density at radius 1 is 1.10 bits per heavy atom. The second-order valence-corrected chi connectivity index (χ2v) is 7.11. The van der Waals surface area contributed by atoms with Gasteiger partial charge in [-0.1, -0.05) is 43.4 Å². The number of rotatable bonds is 1. The summed E-state index contributed by atoms with van der Waals surface area (Å²) in [4.78, 5) is 0. The lowest BCUT2D eigenvalue weighted by Crippen LogP contribution is -2.50. The fourth-order valence-corrected chi connectivity index (χ4v) is 1.92. The van der Waals surface area contributed by atoms with Crippen molar-refractivity contribution in [1.29, 1.82) is 0 Å². The topological polar surface area (TPSA) is 26.0 Å². The summed E-state index contributed by atoms with van der Waals surface area (Å²) in [5.41, 5.74) is 0. The van der Waals surface area contributed by atoms with E-state index in [0.29, 0.717) is 0 Å². The Hall–Kier alpha value is -0.603. The van der Waals surface area contributed by atoms with Gasteiger partial charge in [-0.3, -0.25) is 0 Å². The first-order chi connectivity index (χ1) is 4.61. The van der Waals surface area contributed by atoms with Gasteiger partial charge in [0.25, 0.3) is 0 Å². The Morgan fingerprint density at radius 3 is 1.90 bits per heavy atom. The van der Waals surface area contributed by atoms with Gasteiger partial charge in [-0.25, -0.2) is 0 Å². The van der Waals surface area contributed by atoms with Crippen LogP contribution in [0.4, 0.5) is 0 Å². The van der Waals surface area contributed by atoms with E-state index in [1.807, 2.05) is 18.2 Å². The molecule has 0 aliphatic carbocycles. The van der Waals surface area contributed by atoms with Crippen LogP contribution >= 0.6 is 0 Å². The molecule has 0 saturated carbocycles. The highest BCUT2D eigenvalue weighted by atomic mass is 28.3. The second kappa shape index (κ2) is 2.56. The smallest absolute Gasteiger partial charge is 0.148 e. The molecule has 2 N–H and O–H groups in total. The van der Waals surface area contributed by atoms with E-state index < -0.39 is 8.24 Å². The van der Waals surface area contributed by atoms with E-state index in [1.165, 1.54) is 5.19 Å². The highest BCUT2D eigenvalue weighted by molar-refractivity contribution is 6.87. The first-order valence-electron chi connectivity index (χ1n) is 3.45. The van der Waals surface area contributed by atoms with Crippen molar-refractivity contribution in [2.75, 3.05) is 0 Å². The molecule has 0 radical (unpaired) electrons. The van der Waals surface area contributed by atoms with Gasteiger partial charge < -0.3 is 5.40 Å². The minimum absolute atomic E-state index is 1.31. The minimum Gasteiger partial charge on any atom is -0.348 e. The van der Waals surface area contributed by atoms with Gasteiger partial charge in [0.1, 0.15) is 8.24 Å². The summed E-state index contributed by atoms with van der Waals surface area (Å²) in [6, 6.07) is 10.3. The quantitative estimate of drug-likeness (QED) is 0.597. The summed E-state index contributed by atoms with van der Waals surface area (Å²) < 4.78 is 0. The van der Waals surface area contributed by atoms with Crippen LogP contribution in [0.2, 0.25) is 13.1 Å². The van der Waals surface area contributed by atoms with Crippen LogP contribution in [0.25, 0.3) is 0 Å². The lowest BCUT2D eigenvalue weighted by atomic mass is 10.4. The molecule has 54 valence electrons. The normalized spacial score (nSPS) is 11.5. The fourth-order valence-electron chi connectivity index (χ4n) is 0.868. The zero-order chi connectivity index (χ0) is 7.61. The summed E-state index contributed by atoms with van der Waals surface area (Å²) in [7, 11) is -1.53. The third-order valence-electron chi connectivity index (χ3n) is 1.52. The predicted molar refractivity (Wildman–Crippen MR) is 47.7 cm³/mol. The van der Waals surface area contributed by atoms with Gasteiger partial charge in [0.05, 0.1) is 0 Å². The monoisotopic (exact) mass is 151 g/mol. The largest absolute Gasteiger partial charge is 0.348 e. The van der Waals surface area contributed by atoms with E-state index in [-0.39, 0.29) is 0 Å². The van der Waals surface area contributed by atoms with E-state index in [0.717, 1.165) is 0 Å². The fraction of sp³-hybridized carbons (Fsp3) is 0.250. The molecule has 0 heterocycles. The van der Waals surface area contributed by atoms with Crippen LogP contribution in [0.1, 0.15) is 0 Å². The van der Waals surface area contributed by atoms with Crippen LogP contribution < -0.4 is 10.6 Å². The van der Waals surface area contributed by atoms with Crippen molar-refractivity contribution in [2.24, 2.45) is 5.40 Å². The molecule has 1 nitrogen and oxygen atoms in total. The lowest BCUT2D eigenvalue weighted by molar-refractivity contribution is 1.60. The second-order valence-electron chi connectivity index (χ2n) is 3.09. The molecule has 0 amide bonds. The zero-order valence-electron chi connectivity index (χ0n) is 6.46. The first-order valence-corrected chi connectivity index (χ1v) is 6.53. The van der Waals surface area contributed by atoms with Crippen molar-refractivity contribution in [1.82, 2.24) is 0 Å². The molecule has 0 saturated heterocycles. The molecule has 0 aliphatic heterocycles. The molecular formula is C8H13NSi. The molecule has 10 heavy (non-hydrogen) atoms. The molecule has 1 aromatic carbocycles. The molecule has 0 unspecified atom stereocenters. The van der Waals surface area contributed by atoms with Crippen LogP contribution in [-0.2, 0) is 0 Å². The standard InChI is InChI=1S/C8H13NSi/c1-10(2,9)8-6-4-3-5-7-8/h3-7H,9H2,1-2H3. The number of benzene rings is 1. The molecule has 0 aromatic heterocycles. The van der Waals surface area contributed by atoms with Gasteiger partial charge in [-0.15, -0.1) is 0 Å². The van der Waals surface area contributed by atoms with E-state index in [9.17, 15) is 0 Å². The van der Waals surface area contributed by atoms with Gasteiger partial charge in [0.15, 0.2) is 0 Å². The Kier molecular flexibility index (Phi) is 1.92. The van der Waals surface area contributed by atoms with Crippen molar-refractivity contribution in [3.63, 3.8) is 0 Å². The third-order valence-corrected chi connectivity index (χ3v) is 3.34. The van der Waals surface area contributed by atoms with Crippen LogP contribution in [-0.4, -0.2) is 8.24 Å². The van der Waals surface area contributed by atoms with Crippen LogP contribution in [0.15, 0.2) is 30.3 Å². The van der Waals surface area contributed by atoms with Crippen LogP contribution in [0.3, 0.4) is 0 Å². The average molecular weight is 151 g/mol. The summed E-state index contributed by atoms with van der Waals surface area (Å²) in [5, 5.41) is 7.31.